The molecule has 2 unspecified atom stereocenters. The summed E-state index contributed by atoms with van der Waals surface area (Å²) in [6.07, 6.45) is 0.669. The smallest absolute Gasteiger partial charge is 0.305 e. The van der Waals surface area contributed by atoms with Crippen molar-refractivity contribution in [3.8, 4) is 0 Å². The molecule has 18 heavy (non-hydrogen) atoms. The number of carboxylic acids is 1. The highest BCUT2D eigenvalue weighted by atomic mass is 32.2. The molecule has 5 heteroatoms. The van der Waals surface area contributed by atoms with Crippen LogP contribution < -0.4 is 5.32 Å². The van der Waals surface area contributed by atoms with Gasteiger partial charge in [0.05, 0.1) is 11.7 Å². The van der Waals surface area contributed by atoms with Gasteiger partial charge < -0.3 is 10.4 Å². The maximum Gasteiger partial charge on any atom is 0.305 e. The number of carboxylic acid groups (broad SMARTS) is 1. The van der Waals surface area contributed by atoms with Gasteiger partial charge in [-0.15, -0.1) is 11.8 Å². The maximum absolute atomic E-state index is 12.0. The van der Waals surface area contributed by atoms with Crippen LogP contribution in [0.5, 0.6) is 0 Å². The van der Waals surface area contributed by atoms with Crippen molar-refractivity contribution in [1.82, 2.24) is 5.32 Å². The first-order valence-corrected chi connectivity index (χ1v) is 6.71. The Morgan fingerprint density at radius 2 is 2.22 bits per heavy atom. The molecule has 0 saturated carbocycles. The first-order valence-electron chi connectivity index (χ1n) is 5.83. The molecule has 1 heterocycles. The number of hydrogen-bond acceptors (Lipinski definition) is 3. The van der Waals surface area contributed by atoms with E-state index in [9.17, 15) is 9.59 Å². The van der Waals surface area contributed by atoms with Gasteiger partial charge >= 0.3 is 5.97 Å². The molecule has 0 aromatic heterocycles. The molecule has 0 spiro atoms. The Balaban J connectivity index is 1.91. The normalized spacial score (nSPS) is 19.1. The monoisotopic (exact) mass is 265 g/mol. The van der Waals surface area contributed by atoms with Crippen LogP contribution in [0, 0.1) is 0 Å². The predicted octanol–water partition coefficient (Wildman–Crippen LogP) is 1.68. The number of carbonyl (C=O) groups is 2. The number of rotatable bonds is 4. The quantitative estimate of drug-likeness (QED) is 0.869. The van der Waals surface area contributed by atoms with Gasteiger partial charge in [0.1, 0.15) is 0 Å². The van der Waals surface area contributed by atoms with Crippen LogP contribution in [0.2, 0.25) is 0 Å². The number of hydrogen-bond donors (Lipinski definition) is 2. The van der Waals surface area contributed by atoms with E-state index in [0.717, 1.165) is 4.90 Å². The molecule has 0 fully saturated rings. The summed E-state index contributed by atoms with van der Waals surface area (Å²) >= 11 is 1.55. The van der Waals surface area contributed by atoms with Crippen molar-refractivity contribution in [2.45, 2.75) is 36.0 Å². The third kappa shape index (κ3) is 3.04. The summed E-state index contributed by atoms with van der Waals surface area (Å²) in [5.41, 5.74) is 1.19. The molecule has 96 valence electrons. The molecule has 1 aromatic carbocycles. The fourth-order valence-corrected chi connectivity index (χ4v) is 3.18. The summed E-state index contributed by atoms with van der Waals surface area (Å²) in [7, 11) is 0. The molecule has 1 aliphatic rings. The lowest BCUT2D eigenvalue weighted by atomic mass is 10.1. The van der Waals surface area contributed by atoms with Crippen LogP contribution in [0.1, 0.15) is 18.9 Å². The Hall–Kier alpha value is -1.49. The lowest BCUT2D eigenvalue weighted by Crippen LogP contribution is -2.39. The summed E-state index contributed by atoms with van der Waals surface area (Å²) in [5, 5.41) is 11.3. The largest absolute Gasteiger partial charge is 0.481 e. The van der Waals surface area contributed by atoms with Crippen LogP contribution in [-0.2, 0) is 16.0 Å². The van der Waals surface area contributed by atoms with E-state index in [1.54, 1.807) is 18.7 Å². The first-order chi connectivity index (χ1) is 8.56. The molecule has 0 aliphatic carbocycles. The number of amides is 1. The van der Waals surface area contributed by atoms with E-state index in [1.165, 1.54) is 5.56 Å². The van der Waals surface area contributed by atoms with Crippen LogP contribution in [0.4, 0.5) is 0 Å². The molecular weight excluding hydrogens is 250 g/mol. The predicted molar refractivity (Wildman–Crippen MR) is 69.6 cm³/mol. The minimum atomic E-state index is -0.898. The highest BCUT2D eigenvalue weighted by molar-refractivity contribution is 8.01. The van der Waals surface area contributed by atoms with E-state index in [0.29, 0.717) is 6.42 Å². The van der Waals surface area contributed by atoms with Crippen molar-refractivity contribution >= 4 is 23.6 Å². The number of aliphatic carboxylic acids is 1. The van der Waals surface area contributed by atoms with Crippen LogP contribution in [0.15, 0.2) is 29.2 Å². The minimum absolute atomic E-state index is 0.0456. The third-order valence-electron chi connectivity index (χ3n) is 2.81. The van der Waals surface area contributed by atoms with Gasteiger partial charge in [0.25, 0.3) is 0 Å². The number of fused-ring (bicyclic) bond motifs is 1. The zero-order valence-corrected chi connectivity index (χ0v) is 10.9. The SMILES string of the molecule is CC(CC(=O)O)NC(=O)C1Cc2ccccc2S1. The summed E-state index contributed by atoms with van der Waals surface area (Å²) in [6.45, 7) is 1.71. The molecule has 0 saturated heterocycles. The number of nitrogens with one attached hydrogen (secondary N) is 1. The number of thioether (sulfide) groups is 1. The van der Waals surface area contributed by atoms with Crippen LogP contribution in [0.25, 0.3) is 0 Å². The van der Waals surface area contributed by atoms with Crippen LogP contribution >= 0.6 is 11.8 Å². The highest BCUT2D eigenvalue weighted by Crippen LogP contribution is 2.36. The van der Waals surface area contributed by atoms with Crippen molar-refractivity contribution < 1.29 is 14.7 Å². The summed E-state index contributed by atoms with van der Waals surface area (Å²) in [5.74, 6) is -0.977. The average Bonchev–Trinajstić information content (AvgIpc) is 2.71. The molecule has 2 N–H and O–H groups in total. The zero-order chi connectivity index (χ0) is 13.1. The second-order valence-corrected chi connectivity index (χ2v) is 5.67. The van der Waals surface area contributed by atoms with Crippen molar-refractivity contribution in [2.75, 3.05) is 0 Å². The molecule has 2 rings (SSSR count). The highest BCUT2D eigenvalue weighted by Gasteiger charge is 2.28. The lowest BCUT2D eigenvalue weighted by molar-refractivity contribution is -0.137. The van der Waals surface area contributed by atoms with Gasteiger partial charge in [-0.25, -0.2) is 0 Å². The Labute approximate surface area is 110 Å². The summed E-state index contributed by atoms with van der Waals surface area (Å²) < 4.78 is 0. The fourth-order valence-electron chi connectivity index (χ4n) is 1.98. The van der Waals surface area contributed by atoms with Crippen LogP contribution in [0.3, 0.4) is 0 Å². The second-order valence-electron chi connectivity index (χ2n) is 4.43. The van der Waals surface area contributed by atoms with E-state index in [1.807, 2.05) is 24.3 Å². The van der Waals surface area contributed by atoms with Gasteiger partial charge in [-0.1, -0.05) is 18.2 Å². The van der Waals surface area contributed by atoms with E-state index < -0.39 is 5.97 Å². The topological polar surface area (TPSA) is 66.4 Å². The second kappa shape index (κ2) is 5.44. The van der Waals surface area contributed by atoms with E-state index in [2.05, 4.69) is 5.32 Å². The average molecular weight is 265 g/mol. The van der Waals surface area contributed by atoms with Crippen molar-refractivity contribution in [1.29, 1.82) is 0 Å². The molecule has 1 aliphatic heterocycles. The third-order valence-corrected chi connectivity index (χ3v) is 4.13. The molecule has 0 bridgehead atoms. The minimum Gasteiger partial charge on any atom is -0.481 e. The zero-order valence-electron chi connectivity index (χ0n) is 10.1. The van der Waals surface area contributed by atoms with E-state index in [4.69, 9.17) is 5.11 Å². The Bertz CT molecular complexity index is 450. The molecule has 1 amide bonds. The standard InChI is InChI=1S/C13H15NO3S/c1-8(6-12(15)16)14-13(17)11-7-9-4-2-3-5-10(9)18-11/h2-5,8,11H,6-7H2,1H3,(H,14,17)(H,15,16). The summed E-state index contributed by atoms with van der Waals surface area (Å²) in [6, 6.07) is 7.62. The lowest BCUT2D eigenvalue weighted by Gasteiger charge is -2.14. The Morgan fingerprint density at radius 3 is 2.89 bits per heavy atom. The molecule has 0 radical (unpaired) electrons. The van der Waals surface area contributed by atoms with Crippen LogP contribution in [-0.4, -0.2) is 28.3 Å². The maximum atomic E-state index is 12.0. The molecular formula is C13H15NO3S. The number of benzene rings is 1. The first kappa shape index (κ1) is 13.0. The molecule has 1 aromatic rings. The van der Waals surface area contributed by atoms with Crippen molar-refractivity contribution in [2.24, 2.45) is 0 Å². The van der Waals surface area contributed by atoms with Crippen molar-refractivity contribution in [3.05, 3.63) is 29.8 Å². The Kier molecular flexibility index (Phi) is 3.91. The van der Waals surface area contributed by atoms with Gasteiger partial charge in [-0.05, 0) is 25.0 Å². The van der Waals surface area contributed by atoms with Gasteiger partial charge in [0, 0.05) is 10.9 Å². The molecule has 2 atom stereocenters. The van der Waals surface area contributed by atoms with Gasteiger partial charge in [-0.3, -0.25) is 9.59 Å². The van der Waals surface area contributed by atoms with E-state index >= 15 is 0 Å². The van der Waals surface area contributed by atoms with Gasteiger partial charge in [0.2, 0.25) is 5.91 Å². The fraction of sp³-hybridized carbons (Fsp3) is 0.385. The van der Waals surface area contributed by atoms with Gasteiger partial charge in [0.15, 0.2) is 0 Å². The van der Waals surface area contributed by atoms with Gasteiger partial charge in [-0.2, -0.15) is 0 Å². The number of carbonyl (C=O) groups excluding carboxylic acids is 1. The van der Waals surface area contributed by atoms with E-state index in [-0.39, 0.29) is 23.6 Å². The summed E-state index contributed by atoms with van der Waals surface area (Å²) in [4.78, 5) is 23.7. The Morgan fingerprint density at radius 1 is 1.50 bits per heavy atom. The van der Waals surface area contributed by atoms with Crippen molar-refractivity contribution in [3.63, 3.8) is 0 Å². The molecule has 4 nitrogen and oxygen atoms in total.